The van der Waals surface area contributed by atoms with Crippen molar-refractivity contribution in [1.29, 1.82) is 0 Å². The minimum absolute atomic E-state index is 0.0327. The molecule has 23 heavy (non-hydrogen) atoms. The van der Waals surface area contributed by atoms with E-state index in [-0.39, 0.29) is 18.1 Å². The van der Waals surface area contributed by atoms with Crippen LogP contribution in [0.5, 0.6) is 0 Å². The first kappa shape index (κ1) is 24.4. The van der Waals surface area contributed by atoms with E-state index in [0.29, 0.717) is 0 Å². The van der Waals surface area contributed by atoms with E-state index in [1.807, 2.05) is 6.08 Å². The van der Waals surface area contributed by atoms with Crippen molar-refractivity contribution in [3.63, 3.8) is 0 Å². The maximum atomic E-state index is 9.73. The van der Waals surface area contributed by atoms with Crippen LogP contribution >= 0.6 is 0 Å². The van der Waals surface area contributed by atoms with Crippen molar-refractivity contribution < 1.29 is 10.2 Å². The van der Waals surface area contributed by atoms with Crippen LogP contribution in [0.15, 0.2) is 36.0 Å². The molecule has 2 nitrogen and oxygen atoms in total. The smallest absolute Gasteiger partial charge is 0.0612 e. The molecule has 136 valence electrons. The Morgan fingerprint density at radius 3 is 1.96 bits per heavy atom. The Morgan fingerprint density at radius 2 is 1.52 bits per heavy atom. The lowest BCUT2D eigenvalue weighted by molar-refractivity contribution is 0.0542. The third-order valence-electron chi connectivity index (χ3n) is 3.41. The average Bonchev–Trinajstić information content (AvgIpc) is 2.46. The monoisotopic (exact) mass is 324 g/mol. The molecule has 0 heterocycles. The van der Waals surface area contributed by atoms with Gasteiger partial charge in [0.2, 0.25) is 0 Å². The van der Waals surface area contributed by atoms with Gasteiger partial charge in [-0.3, -0.25) is 0 Å². The largest absolute Gasteiger partial charge is 0.393 e. The molecule has 2 N–H and O–H groups in total. The molecule has 0 radical (unpaired) electrons. The van der Waals surface area contributed by atoms with E-state index >= 15 is 0 Å². The molecule has 2 heteroatoms. The number of allylic oxidation sites excluding steroid dienone is 5. The fourth-order valence-electron chi connectivity index (χ4n) is 1.80. The fourth-order valence-corrected chi connectivity index (χ4v) is 1.80. The number of hydrogen-bond donors (Lipinski definition) is 2. The highest BCUT2D eigenvalue weighted by Gasteiger charge is 2.20. The van der Waals surface area contributed by atoms with Gasteiger partial charge in [-0.2, -0.15) is 0 Å². The molecule has 0 aromatic carbocycles. The standard InChI is InChI=1S/C12H24O.C9H16O/c1-10(2)8-6-7-9-11(13)12(3,4)5;1-2-3-4-5-6-7-8-9-10/h8,11,13H,6-7,9H2,1-5H3;3-4,7-8,10H,2,5-6,9H2,1H3. The van der Waals surface area contributed by atoms with Gasteiger partial charge in [0.15, 0.2) is 0 Å². The predicted octanol–water partition coefficient (Wildman–Crippen LogP) is 5.81. The second kappa shape index (κ2) is 16.0. The molecule has 0 spiro atoms. The average molecular weight is 325 g/mol. The van der Waals surface area contributed by atoms with E-state index in [1.165, 1.54) is 5.57 Å². The zero-order chi connectivity index (χ0) is 18.1. The molecular formula is C21H40O2. The van der Waals surface area contributed by atoms with Gasteiger partial charge in [-0.1, -0.05) is 63.6 Å². The summed E-state index contributed by atoms with van der Waals surface area (Å²) < 4.78 is 0. The van der Waals surface area contributed by atoms with Crippen LogP contribution in [0.3, 0.4) is 0 Å². The van der Waals surface area contributed by atoms with Gasteiger partial charge in [-0.05, 0) is 57.8 Å². The molecule has 0 saturated carbocycles. The van der Waals surface area contributed by atoms with Crippen molar-refractivity contribution >= 4 is 0 Å². The zero-order valence-corrected chi connectivity index (χ0v) is 16.3. The van der Waals surface area contributed by atoms with Gasteiger partial charge < -0.3 is 10.2 Å². The van der Waals surface area contributed by atoms with Crippen molar-refractivity contribution in [3.8, 4) is 0 Å². The van der Waals surface area contributed by atoms with Gasteiger partial charge in [-0.25, -0.2) is 0 Å². The number of rotatable bonds is 9. The minimum Gasteiger partial charge on any atom is -0.393 e. The van der Waals surface area contributed by atoms with Crippen LogP contribution in [0.2, 0.25) is 0 Å². The molecule has 1 atom stereocenters. The van der Waals surface area contributed by atoms with Crippen molar-refractivity contribution in [2.24, 2.45) is 5.41 Å². The molecule has 0 aliphatic rings. The predicted molar refractivity (Wildman–Crippen MR) is 104 cm³/mol. The quantitative estimate of drug-likeness (QED) is 0.415. The maximum Gasteiger partial charge on any atom is 0.0612 e. The first-order valence-corrected chi connectivity index (χ1v) is 8.98. The summed E-state index contributed by atoms with van der Waals surface area (Å²) in [5.74, 6) is 0. The van der Waals surface area contributed by atoms with Crippen LogP contribution in [0, 0.1) is 5.41 Å². The van der Waals surface area contributed by atoms with Gasteiger partial charge >= 0.3 is 0 Å². The summed E-state index contributed by atoms with van der Waals surface area (Å²) >= 11 is 0. The second-order valence-corrected chi connectivity index (χ2v) is 7.21. The summed E-state index contributed by atoms with van der Waals surface area (Å²) in [5, 5.41) is 18.1. The molecule has 0 amide bonds. The van der Waals surface area contributed by atoms with E-state index in [0.717, 1.165) is 38.5 Å². The van der Waals surface area contributed by atoms with Crippen LogP contribution in [0.25, 0.3) is 0 Å². The van der Waals surface area contributed by atoms with Gasteiger partial charge in [0.05, 0.1) is 12.7 Å². The molecule has 0 aliphatic carbocycles. The van der Waals surface area contributed by atoms with Gasteiger partial charge in [0.25, 0.3) is 0 Å². The Kier molecular flexibility index (Phi) is 17.0. The minimum atomic E-state index is -0.168. The normalized spacial score (nSPS) is 13.0. The number of hydrogen-bond acceptors (Lipinski definition) is 2. The highest BCUT2D eigenvalue weighted by molar-refractivity contribution is 4.92. The van der Waals surface area contributed by atoms with Crippen LogP contribution < -0.4 is 0 Å². The molecule has 0 saturated heterocycles. The molecule has 0 bridgehead atoms. The fraction of sp³-hybridized carbons (Fsp3) is 0.714. The van der Waals surface area contributed by atoms with Crippen molar-refractivity contribution in [1.82, 2.24) is 0 Å². The molecular weight excluding hydrogens is 284 g/mol. The Hall–Kier alpha value is -0.860. The SMILES string of the molecule is CC(C)=CCCCC(O)C(C)(C)C.CCC=CCCC=CCO. The summed E-state index contributed by atoms with van der Waals surface area (Å²) in [7, 11) is 0. The molecule has 1 unspecified atom stereocenters. The summed E-state index contributed by atoms with van der Waals surface area (Å²) in [6, 6.07) is 0. The molecule has 0 aromatic rings. The van der Waals surface area contributed by atoms with Crippen LogP contribution in [-0.2, 0) is 0 Å². The van der Waals surface area contributed by atoms with E-state index in [1.54, 1.807) is 6.08 Å². The Balaban J connectivity index is 0. The van der Waals surface area contributed by atoms with E-state index in [2.05, 4.69) is 59.8 Å². The Labute approximate surface area is 145 Å². The highest BCUT2D eigenvalue weighted by atomic mass is 16.3. The third kappa shape index (κ3) is 21.1. The maximum absolute atomic E-state index is 9.73. The van der Waals surface area contributed by atoms with Gasteiger partial charge in [0.1, 0.15) is 0 Å². The van der Waals surface area contributed by atoms with E-state index in [4.69, 9.17) is 5.11 Å². The third-order valence-corrected chi connectivity index (χ3v) is 3.41. The highest BCUT2D eigenvalue weighted by Crippen LogP contribution is 2.23. The van der Waals surface area contributed by atoms with Gasteiger partial charge in [-0.15, -0.1) is 0 Å². The lowest BCUT2D eigenvalue weighted by Gasteiger charge is -2.25. The van der Waals surface area contributed by atoms with Crippen molar-refractivity contribution in [2.75, 3.05) is 6.61 Å². The second-order valence-electron chi connectivity index (χ2n) is 7.21. The van der Waals surface area contributed by atoms with Crippen LogP contribution in [0.1, 0.15) is 80.1 Å². The molecule has 0 aliphatic heterocycles. The summed E-state index contributed by atoms with van der Waals surface area (Å²) in [4.78, 5) is 0. The van der Waals surface area contributed by atoms with E-state index in [9.17, 15) is 5.11 Å². The summed E-state index contributed by atoms with van der Waals surface area (Å²) in [6.45, 7) is 12.8. The lowest BCUT2D eigenvalue weighted by Crippen LogP contribution is -2.25. The first-order chi connectivity index (χ1) is 10.8. The number of unbranched alkanes of at least 4 members (excludes halogenated alkanes) is 2. The van der Waals surface area contributed by atoms with Crippen molar-refractivity contribution in [2.45, 2.75) is 86.2 Å². The molecule has 0 fully saturated rings. The number of aliphatic hydroxyl groups is 2. The number of aliphatic hydroxyl groups excluding tert-OH is 2. The first-order valence-electron chi connectivity index (χ1n) is 8.98. The Morgan fingerprint density at radius 1 is 0.957 bits per heavy atom. The van der Waals surface area contributed by atoms with Gasteiger partial charge in [0, 0.05) is 0 Å². The van der Waals surface area contributed by atoms with E-state index < -0.39 is 0 Å². The summed E-state index contributed by atoms with van der Waals surface area (Å²) in [6.07, 6.45) is 16.5. The summed E-state index contributed by atoms with van der Waals surface area (Å²) in [5.41, 5.74) is 1.40. The van der Waals surface area contributed by atoms with Crippen LogP contribution in [0.4, 0.5) is 0 Å². The topological polar surface area (TPSA) is 40.5 Å². The molecule has 0 rings (SSSR count). The Bertz CT molecular complexity index is 314. The zero-order valence-electron chi connectivity index (χ0n) is 16.3. The van der Waals surface area contributed by atoms with Crippen molar-refractivity contribution in [3.05, 3.63) is 36.0 Å². The lowest BCUT2D eigenvalue weighted by atomic mass is 9.86. The van der Waals surface area contributed by atoms with Crippen LogP contribution in [-0.4, -0.2) is 22.9 Å². The molecule has 0 aromatic heterocycles.